The number of hydrogen-bond donors (Lipinski definition) is 9. The maximum absolute atomic E-state index is 12.9. The van der Waals surface area contributed by atoms with E-state index in [-0.39, 0.29) is 6.42 Å². The van der Waals surface area contributed by atoms with Crippen LogP contribution in [0.5, 0.6) is 0 Å². The first-order valence-corrected chi connectivity index (χ1v) is 22.4. The van der Waals surface area contributed by atoms with Crippen molar-refractivity contribution in [2.45, 2.75) is 216 Å². The third-order valence-corrected chi connectivity index (χ3v) is 11.0. The molecule has 1 aliphatic carbocycles. The summed E-state index contributed by atoms with van der Waals surface area (Å²) in [6.45, 7) is 3.64. The Morgan fingerprint density at radius 1 is 0.648 bits per heavy atom. The fourth-order valence-electron chi connectivity index (χ4n) is 6.55. The fraction of sp³-hybridized carbons (Fsp3) is 0.875. The van der Waals surface area contributed by atoms with Crippen molar-refractivity contribution in [2.75, 3.05) is 6.61 Å². The standard InChI is InChI=1S/C40H76NO12P/c1-3-5-7-9-11-13-14-15-16-17-18-20-21-23-25-27-31(42)29-34(44)41-32(33(43)28-26-24-22-19-12-10-8-6-4-2)30-52-54(50,51)53-40-38(48)36(46)35(45)37(47)39(40)49/h12,19,26,28,31-33,35-40,42-43,45-49H,3-11,13-18,20-25,27,29-30H2,1-2H3,(H,41,44)(H,50,51)/b19-12+,28-26+. The number of hydrogen-bond acceptors (Lipinski definition) is 11. The average molecular weight is 794 g/mol. The molecule has 0 aliphatic heterocycles. The van der Waals surface area contributed by atoms with Crippen LogP contribution in [0.1, 0.15) is 162 Å². The van der Waals surface area contributed by atoms with Gasteiger partial charge in [-0.1, -0.05) is 147 Å². The van der Waals surface area contributed by atoms with Gasteiger partial charge in [-0.3, -0.25) is 13.8 Å². The van der Waals surface area contributed by atoms with Crippen molar-refractivity contribution >= 4 is 13.7 Å². The lowest BCUT2D eigenvalue weighted by molar-refractivity contribution is -0.220. The normalized spacial score (nSPS) is 24.9. The van der Waals surface area contributed by atoms with Gasteiger partial charge in [0.15, 0.2) is 0 Å². The molecule has 8 atom stereocenters. The predicted molar refractivity (Wildman–Crippen MR) is 210 cm³/mol. The number of aliphatic hydroxyl groups is 7. The Labute approximate surface area is 324 Å². The highest BCUT2D eigenvalue weighted by molar-refractivity contribution is 7.47. The van der Waals surface area contributed by atoms with Gasteiger partial charge in [0.05, 0.1) is 31.3 Å². The van der Waals surface area contributed by atoms with Crippen LogP contribution >= 0.6 is 7.82 Å². The lowest BCUT2D eigenvalue weighted by atomic mass is 9.85. The molecule has 14 heteroatoms. The van der Waals surface area contributed by atoms with Gasteiger partial charge >= 0.3 is 7.82 Å². The molecule has 0 heterocycles. The highest BCUT2D eigenvalue weighted by Crippen LogP contribution is 2.47. The minimum Gasteiger partial charge on any atom is -0.393 e. The van der Waals surface area contributed by atoms with E-state index in [9.17, 15) is 50.0 Å². The number of rotatable bonds is 33. The molecule has 0 aromatic rings. The third-order valence-electron chi connectivity index (χ3n) is 10.0. The first-order valence-electron chi connectivity index (χ1n) is 20.9. The Morgan fingerprint density at radius 3 is 1.63 bits per heavy atom. The number of allylic oxidation sites excluding steroid dienone is 3. The van der Waals surface area contributed by atoms with Crippen molar-refractivity contribution in [1.82, 2.24) is 5.32 Å². The molecule has 0 radical (unpaired) electrons. The molecule has 1 saturated carbocycles. The zero-order chi connectivity index (χ0) is 40.2. The molecule has 0 aromatic carbocycles. The summed E-state index contributed by atoms with van der Waals surface area (Å²) in [5.41, 5.74) is 0. The van der Waals surface area contributed by atoms with Crippen molar-refractivity contribution in [3.8, 4) is 0 Å². The zero-order valence-corrected chi connectivity index (χ0v) is 34.0. The maximum atomic E-state index is 12.9. The minimum absolute atomic E-state index is 0.250. The number of nitrogens with one attached hydrogen (secondary N) is 1. The molecular formula is C40H76NO12P. The monoisotopic (exact) mass is 794 g/mol. The van der Waals surface area contributed by atoms with Gasteiger partial charge in [-0.2, -0.15) is 0 Å². The summed E-state index contributed by atoms with van der Waals surface area (Å²) in [7, 11) is -5.13. The van der Waals surface area contributed by atoms with Crippen LogP contribution in [0.15, 0.2) is 24.3 Å². The van der Waals surface area contributed by atoms with Crippen LogP contribution in [0.25, 0.3) is 0 Å². The fourth-order valence-corrected chi connectivity index (χ4v) is 7.52. The summed E-state index contributed by atoms with van der Waals surface area (Å²) in [5, 5.41) is 74.0. The lowest BCUT2D eigenvalue weighted by Crippen LogP contribution is -2.64. The Balaban J connectivity index is 2.57. The van der Waals surface area contributed by atoms with E-state index in [1.54, 1.807) is 6.08 Å². The summed E-state index contributed by atoms with van der Waals surface area (Å²) in [6, 6.07) is -1.25. The molecule has 1 amide bonds. The molecule has 1 rings (SSSR count). The number of unbranched alkanes of at least 4 members (excludes halogenated alkanes) is 18. The van der Waals surface area contributed by atoms with Crippen molar-refractivity contribution < 1.29 is 59.0 Å². The van der Waals surface area contributed by atoms with E-state index in [0.717, 1.165) is 51.4 Å². The van der Waals surface area contributed by atoms with Crippen molar-refractivity contribution in [1.29, 1.82) is 0 Å². The topological polar surface area (TPSA) is 226 Å². The molecule has 54 heavy (non-hydrogen) atoms. The van der Waals surface area contributed by atoms with Crippen LogP contribution in [-0.2, 0) is 18.4 Å². The van der Waals surface area contributed by atoms with E-state index >= 15 is 0 Å². The smallest absolute Gasteiger partial charge is 0.393 e. The summed E-state index contributed by atoms with van der Waals surface area (Å²) in [4.78, 5) is 23.3. The van der Waals surface area contributed by atoms with Gasteiger partial charge < -0.3 is 46.0 Å². The van der Waals surface area contributed by atoms with Gasteiger partial charge in [0.2, 0.25) is 5.91 Å². The molecule has 0 spiro atoms. The Morgan fingerprint density at radius 2 is 1.09 bits per heavy atom. The van der Waals surface area contributed by atoms with Crippen LogP contribution in [0.3, 0.4) is 0 Å². The second-order valence-corrected chi connectivity index (χ2v) is 16.4. The van der Waals surface area contributed by atoms with Gasteiger partial charge in [-0.15, -0.1) is 0 Å². The van der Waals surface area contributed by atoms with E-state index in [1.165, 1.54) is 83.1 Å². The first kappa shape index (κ1) is 50.8. The van der Waals surface area contributed by atoms with Gasteiger partial charge in [-0.25, -0.2) is 4.57 Å². The molecule has 0 aromatic heterocycles. The summed E-state index contributed by atoms with van der Waals surface area (Å²) in [6.07, 6.45) is 17.3. The molecule has 13 nitrogen and oxygen atoms in total. The Kier molecular flexibility index (Phi) is 29.0. The quantitative estimate of drug-likeness (QED) is 0.0224. The van der Waals surface area contributed by atoms with Crippen molar-refractivity contribution in [3.63, 3.8) is 0 Å². The average Bonchev–Trinajstić information content (AvgIpc) is 3.14. The molecule has 1 aliphatic rings. The van der Waals surface area contributed by atoms with Crippen LogP contribution in [0.2, 0.25) is 0 Å². The van der Waals surface area contributed by atoms with Crippen LogP contribution in [-0.4, -0.2) is 108 Å². The zero-order valence-electron chi connectivity index (χ0n) is 33.1. The van der Waals surface area contributed by atoms with Crippen LogP contribution in [0.4, 0.5) is 0 Å². The van der Waals surface area contributed by atoms with E-state index in [2.05, 4.69) is 31.3 Å². The van der Waals surface area contributed by atoms with E-state index in [4.69, 9.17) is 9.05 Å². The third kappa shape index (κ3) is 23.1. The minimum atomic E-state index is -5.13. The van der Waals surface area contributed by atoms with Crippen molar-refractivity contribution in [2.24, 2.45) is 0 Å². The van der Waals surface area contributed by atoms with Crippen LogP contribution in [0, 0.1) is 0 Å². The number of aliphatic hydroxyl groups excluding tert-OH is 7. The molecule has 8 unspecified atom stereocenters. The molecule has 0 bridgehead atoms. The summed E-state index contributed by atoms with van der Waals surface area (Å²) < 4.78 is 22.7. The summed E-state index contributed by atoms with van der Waals surface area (Å²) >= 11 is 0. The molecule has 318 valence electrons. The SMILES string of the molecule is CCCCC/C=C/CC/C=C/C(O)C(COP(=O)(O)OC1C(O)C(O)C(O)C(O)C1O)NC(=O)CC(O)CCCCCCCCCCCCCCCCC. The highest BCUT2D eigenvalue weighted by atomic mass is 31.2. The highest BCUT2D eigenvalue weighted by Gasteiger charge is 2.51. The number of phosphoric acid groups is 1. The lowest BCUT2D eigenvalue weighted by Gasteiger charge is -2.41. The Hall–Kier alpha value is -1.22. The van der Waals surface area contributed by atoms with Crippen molar-refractivity contribution in [3.05, 3.63) is 24.3 Å². The van der Waals surface area contributed by atoms with Crippen LogP contribution < -0.4 is 5.32 Å². The van der Waals surface area contributed by atoms with Gasteiger partial charge in [0, 0.05) is 0 Å². The van der Waals surface area contributed by atoms with Gasteiger partial charge in [-0.05, 0) is 32.1 Å². The number of phosphoric ester groups is 1. The second kappa shape index (κ2) is 30.9. The number of amides is 1. The molecule has 0 saturated heterocycles. The number of carbonyl (C=O) groups excluding carboxylic acids is 1. The van der Waals surface area contributed by atoms with Gasteiger partial charge in [0.1, 0.15) is 36.6 Å². The number of carbonyl (C=O) groups is 1. The predicted octanol–water partition coefficient (Wildman–Crippen LogP) is 5.64. The van der Waals surface area contributed by atoms with E-state index in [0.29, 0.717) is 12.8 Å². The summed E-state index contributed by atoms with van der Waals surface area (Å²) in [5.74, 6) is -0.605. The Bertz CT molecular complexity index is 1030. The maximum Gasteiger partial charge on any atom is 0.472 e. The first-order chi connectivity index (χ1) is 25.8. The van der Waals surface area contributed by atoms with E-state index in [1.807, 2.05) is 0 Å². The van der Waals surface area contributed by atoms with Gasteiger partial charge in [0.25, 0.3) is 0 Å². The van der Waals surface area contributed by atoms with E-state index < -0.39 is 75.2 Å². The molecule has 1 fully saturated rings. The largest absolute Gasteiger partial charge is 0.472 e. The molecular weight excluding hydrogens is 717 g/mol. The second-order valence-electron chi connectivity index (χ2n) is 15.0. The molecule has 9 N–H and O–H groups in total.